The van der Waals surface area contributed by atoms with Gasteiger partial charge in [-0.2, -0.15) is 0 Å². The number of ether oxygens (including phenoxy) is 3. The van der Waals surface area contributed by atoms with E-state index in [1.165, 1.54) is 52.7 Å². The average Bonchev–Trinajstić information content (AvgIpc) is 1.24. The third kappa shape index (κ3) is 41.9. The molecule has 0 amide bonds. The van der Waals surface area contributed by atoms with E-state index in [4.69, 9.17) is 89.8 Å². The van der Waals surface area contributed by atoms with Crippen molar-refractivity contribution in [1.29, 1.82) is 0 Å². The molecule has 0 bridgehead atoms. The van der Waals surface area contributed by atoms with E-state index in [0.717, 1.165) is 68.0 Å². The van der Waals surface area contributed by atoms with Crippen molar-refractivity contribution in [2.45, 2.75) is 96.8 Å². The van der Waals surface area contributed by atoms with E-state index >= 15 is 0 Å². The first-order valence-electron chi connectivity index (χ1n) is 28.1. The number of carboxylic acid groups (broad SMARTS) is 1. The lowest BCUT2D eigenvalue weighted by Gasteiger charge is -2.25. The summed E-state index contributed by atoms with van der Waals surface area (Å²) in [4.78, 5) is 88.7. The van der Waals surface area contributed by atoms with E-state index in [2.05, 4.69) is 99.2 Å². The van der Waals surface area contributed by atoms with Crippen molar-refractivity contribution in [3.05, 3.63) is 115 Å². The summed E-state index contributed by atoms with van der Waals surface area (Å²) < 4.78 is 15.8. The summed E-state index contributed by atoms with van der Waals surface area (Å²) in [7, 11) is 7.91. The maximum absolute atomic E-state index is 11.6. The highest BCUT2D eigenvalue weighted by Gasteiger charge is 2.19. The molecule has 495 valence electrons. The molecule has 4 rings (SSSR count). The number of nitrogens with one attached hydrogen (secondary N) is 3. The van der Waals surface area contributed by atoms with E-state index in [1.54, 1.807) is 0 Å². The third-order valence-corrected chi connectivity index (χ3v) is 15.6. The van der Waals surface area contributed by atoms with Gasteiger partial charge in [-0.1, -0.05) is 46.9 Å². The molecule has 0 unspecified atom stereocenters. The first-order chi connectivity index (χ1) is 42.9. The van der Waals surface area contributed by atoms with Gasteiger partial charge in [0.1, 0.15) is 6.29 Å². The number of halogens is 7. The van der Waals surface area contributed by atoms with Crippen LogP contribution in [0.3, 0.4) is 0 Å². The minimum atomic E-state index is -0.873. The van der Waals surface area contributed by atoms with Crippen LogP contribution in [0.5, 0.6) is 0 Å². The normalized spacial score (nSPS) is 11.4. The monoisotopic (exact) mass is 1570 g/mol. The predicted molar refractivity (Wildman–Crippen MR) is 389 cm³/mol. The molecule has 0 saturated heterocycles. The lowest BCUT2D eigenvalue weighted by atomic mass is 9.91. The number of carboxylic acids is 1. The van der Waals surface area contributed by atoms with Gasteiger partial charge in [-0.3, -0.25) is 19.2 Å². The molecule has 20 nitrogen and oxygen atoms in total. The first-order valence-corrected chi connectivity index (χ1v) is 33.3. The van der Waals surface area contributed by atoms with Gasteiger partial charge >= 0.3 is 23.9 Å². The fraction of sp³-hybridized carbons (Fsp3) is 0.467. The van der Waals surface area contributed by atoms with Crippen LogP contribution in [-0.2, 0) is 71.8 Å². The number of carbonyl (C=O) groups excluding carboxylic acids is 7. The summed E-state index contributed by atoms with van der Waals surface area (Å²) in [6.45, 7) is 10.9. The molecule has 0 fully saturated rings. The zero-order chi connectivity index (χ0) is 68.4. The van der Waals surface area contributed by atoms with Crippen LogP contribution in [-0.4, -0.2) is 182 Å². The van der Waals surface area contributed by atoms with Gasteiger partial charge in [0.05, 0.1) is 71.4 Å². The summed E-state index contributed by atoms with van der Waals surface area (Å²) in [5.41, 5.74) is 28.6. The van der Waals surface area contributed by atoms with Crippen molar-refractivity contribution in [1.82, 2.24) is 15.7 Å². The summed E-state index contributed by atoms with van der Waals surface area (Å²) in [5.74, 6) is 0.402. The molecule has 0 aliphatic carbocycles. The van der Waals surface area contributed by atoms with Crippen molar-refractivity contribution >= 4 is 197 Å². The van der Waals surface area contributed by atoms with Gasteiger partial charge < -0.3 is 81.2 Å². The summed E-state index contributed by atoms with van der Waals surface area (Å²) in [5, 5.41) is 17.4. The Kier molecular flexibility index (Phi) is 53.6. The first kappa shape index (κ1) is 87.6. The number of hydrogen-bond acceptors (Lipinski definition) is 19. The number of aryl methyl sites for hydroxylation is 4. The number of nitrogens with zero attached hydrogens (tertiary/aromatic N) is 2. The zero-order valence-corrected chi connectivity index (χ0v) is 60.1. The fourth-order valence-electron chi connectivity index (χ4n) is 7.85. The molecule has 3 radical (unpaired) electrons. The molecule has 0 spiro atoms. The molecular formula is C60H85B3Cl5I2N8O12. The predicted octanol–water partition coefficient (Wildman–Crippen LogP) is 7.58. The van der Waals surface area contributed by atoms with Crippen LogP contribution in [0.2, 0.25) is 0 Å². The summed E-state index contributed by atoms with van der Waals surface area (Å²) in [6.07, 6.45) is 4.95. The molecule has 10 N–H and O–H groups in total. The van der Waals surface area contributed by atoms with Gasteiger partial charge in [0, 0.05) is 105 Å². The molecule has 0 aromatic heterocycles. The smallest absolute Gasteiger partial charge is 0.307 e. The van der Waals surface area contributed by atoms with Gasteiger partial charge in [0.25, 0.3) is 22.2 Å². The van der Waals surface area contributed by atoms with Gasteiger partial charge in [0.2, 0.25) is 0 Å². The second kappa shape index (κ2) is 55.1. The molecule has 0 aliphatic rings. The van der Waals surface area contributed by atoms with Crippen molar-refractivity contribution in [2.75, 3.05) is 103 Å². The van der Waals surface area contributed by atoms with Crippen molar-refractivity contribution < 1.29 is 57.7 Å². The van der Waals surface area contributed by atoms with Gasteiger partial charge in [-0.25, -0.2) is 0 Å². The molecule has 4 atom stereocenters. The van der Waals surface area contributed by atoms with Crippen molar-refractivity contribution in [2.24, 2.45) is 5.73 Å². The zero-order valence-electron chi connectivity index (χ0n) is 52.0. The summed E-state index contributed by atoms with van der Waals surface area (Å²) in [6, 6.07) is 23.0. The topological polar surface area (TPSA) is 305 Å². The Morgan fingerprint density at radius 2 is 0.878 bits per heavy atom. The molecule has 4 aromatic rings. The van der Waals surface area contributed by atoms with E-state index < -0.39 is 5.97 Å². The maximum Gasteiger partial charge on any atom is 0.307 e. The highest BCUT2D eigenvalue weighted by atomic mass is 127. The van der Waals surface area contributed by atoms with Crippen LogP contribution in [0, 0.1) is 31.3 Å². The molecule has 90 heavy (non-hydrogen) atoms. The number of anilines is 4. The summed E-state index contributed by atoms with van der Waals surface area (Å²) >= 11 is 32.6. The number of nitrogen functional groups attached to an aromatic ring is 2. The standard InChI is InChI=1S/C17H24BCl2N2O3.C15H22Cl2N2O2.C13H18BN2O3.C7H8IN.C6H10BINO3.C2H3ClO/c1-13-3-4-16(22(7-5-19)8-6-20)10-14(13)9-15(21-18-12-23)11-17(24)25-2;1-11-2-3-14(19(6-4-16)7-5-17)9-12(11)8-13(18)10-15(20)21;1-9-3-4-11(15)5-10(9)6-12(16-14-8-17)7-13(18)19-2;1-5-2-3-6(9)4-7(5)8;1-12-6(11)2-5(3-8)9-7-4-10;3-1-2-4/h3-4,10,12,15,21H,5-9,11H2,1-2H3;2-3,9,13H,4-8,10,18H2,1H3,(H,20,21);3-5,8,12,16H,6-7,15H2,1-2H3;2-4H,9H2,1H3;4-5,9H,2-3H2,1H3;2H,1H2/t15-;13-;12-;;5-;/m000.1./s1. The Morgan fingerprint density at radius 3 is 1.20 bits per heavy atom. The fourth-order valence-corrected chi connectivity index (χ4v) is 9.77. The quantitative estimate of drug-likeness (QED) is 0.00444. The van der Waals surface area contributed by atoms with Crippen molar-refractivity contribution in [3.8, 4) is 0 Å². The Labute approximate surface area is 585 Å². The largest absolute Gasteiger partial charge is 0.481 e. The molecule has 0 saturated carbocycles. The molecule has 0 heterocycles. The number of aldehydes is 1. The lowest BCUT2D eigenvalue weighted by molar-refractivity contribution is -0.142. The molecule has 30 heteroatoms. The molecule has 4 aromatic carbocycles. The number of carbonyl (C=O) groups is 8. The van der Waals surface area contributed by atoms with E-state index in [-0.39, 0.29) is 73.6 Å². The van der Waals surface area contributed by atoms with Crippen LogP contribution < -0.4 is 42.7 Å². The number of rotatable bonds is 35. The van der Waals surface area contributed by atoms with Gasteiger partial charge in [-0.15, -0.1) is 58.0 Å². The Morgan fingerprint density at radius 1 is 0.544 bits per heavy atom. The molecule has 0 aliphatic heterocycles. The maximum atomic E-state index is 11.6. The Bertz CT molecular complexity index is 2720. The highest BCUT2D eigenvalue weighted by Crippen LogP contribution is 2.24. The highest BCUT2D eigenvalue weighted by molar-refractivity contribution is 14.1. The number of methoxy groups -OCH3 is 3. The van der Waals surface area contributed by atoms with Crippen LogP contribution in [0.1, 0.15) is 64.6 Å². The van der Waals surface area contributed by atoms with E-state index in [1.807, 2.05) is 81.4 Å². The van der Waals surface area contributed by atoms with E-state index in [0.29, 0.717) is 86.4 Å². The lowest BCUT2D eigenvalue weighted by Crippen LogP contribution is -2.37. The third-order valence-electron chi connectivity index (χ3n) is 12.6. The number of hydrogen-bond donors (Lipinski definition) is 7. The Balaban J connectivity index is 0. The van der Waals surface area contributed by atoms with E-state index in [9.17, 15) is 33.6 Å². The minimum Gasteiger partial charge on any atom is -0.481 e. The van der Waals surface area contributed by atoms with Gasteiger partial charge in [0.15, 0.2) is 0 Å². The van der Waals surface area contributed by atoms with Crippen LogP contribution >= 0.6 is 103 Å². The number of aliphatic carboxylic acids is 1. The number of esters is 3. The number of benzene rings is 4. The average molecular weight is 1570 g/mol. The molecular weight excluding hydrogens is 1490 g/mol. The number of alkyl halides is 6. The van der Waals surface area contributed by atoms with Crippen LogP contribution in [0.15, 0.2) is 72.8 Å². The Hall–Kier alpha value is -4.42. The minimum absolute atomic E-state index is 0.0248. The van der Waals surface area contributed by atoms with Gasteiger partial charge in [-0.05, 0) is 157 Å². The second-order valence-corrected chi connectivity index (χ2v) is 23.3. The second-order valence-electron chi connectivity index (χ2n) is 19.4. The SMILES string of the molecule is COC(=O)C[C@H](CI)N[B]C=O.COC(=O)C[C@H](Cc1cc(N(CCCl)CCCl)ccc1C)N[B]C=O.COC(=O)C[C@H](Cc1cc(N)ccc1C)N[B]C=O.Cc1ccc(N(CCCl)CCCl)cc1C[C@H](N)CC(=O)O.Cc1ccc(N)cc1I.O=CCCl. The van der Waals surface area contributed by atoms with Crippen molar-refractivity contribution in [3.63, 3.8) is 0 Å². The number of nitrogens with two attached hydrogens (primary N) is 3. The van der Waals surface area contributed by atoms with Crippen LogP contribution in [0.4, 0.5) is 22.7 Å². The van der Waals surface area contributed by atoms with Crippen LogP contribution in [0.25, 0.3) is 0 Å².